The fraction of sp³-hybridized carbons (Fsp3) is 0.174. The third-order valence-electron chi connectivity index (χ3n) is 4.55. The third-order valence-corrected chi connectivity index (χ3v) is 7.96. The second kappa shape index (κ2) is 12.2. The number of anilines is 1. The van der Waals surface area contributed by atoms with Gasteiger partial charge in [-0.2, -0.15) is 4.31 Å². The lowest BCUT2D eigenvalue weighted by Crippen LogP contribution is -2.32. The van der Waals surface area contributed by atoms with Crippen LogP contribution in [0.25, 0.3) is 0 Å². The van der Waals surface area contributed by atoms with Gasteiger partial charge in [-0.25, -0.2) is 13.2 Å². The zero-order valence-corrected chi connectivity index (χ0v) is 22.4. The van der Waals surface area contributed by atoms with Gasteiger partial charge in [0.1, 0.15) is 0 Å². The van der Waals surface area contributed by atoms with Crippen molar-refractivity contribution in [3.8, 4) is 0 Å². The Kier molecular flexibility index (Phi) is 9.92. The normalized spacial score (nSPS) is 11.9. The van der Waals surface area contributed by atoms with Crippen LogP contribution in [0.1, 0.15) is 34.6 Å². The summed E-state index contributed by atoms with van der Waals surface area (Å²) in [5.41, 5.74) is 0.565. The minimum absolute atomic E-state index is 0.0400. The fourth-order valence-corrected chi connectivity index (χ4v) is 5.62. The van der Waals surface area contributed by atoms with Crippen molar-refractivity contribution in [3.63, 3.8) is 0 Å². The predicted octanol–water partition coefficient (Wildman–Crippen LogP) is 5.33. The molecule has 0 aliphatic heterocycles. The standard InChI is InChI=1S/C23H23Br2N3O5S/c1-4-26-11-10-15(3)14-28(5-2)34(32,33)21-12-16(6-8-19(21)25)22(29)27-20-9-7-17(24)13-18(20)23(30)31/h4,6-13H,3,5,14H2,1-2H3,(H,27,29)(H,30,31)/b11-10-,26-4?. The first kappa shape index (κ1) is 27.6. The molecule has 0 aromatic heterocycles. The highest BCUT2D eigenvalue weighted by Crippen LogP contribution is 2.28. The smallest absolute Gasteiger partial charge is 0.337 e. The summed E-state index contributed by atoms with van der Waals surface area (Å²) in [6.45, 7) is 7.55. The number of carboxylic acid groups (broad SMARTS) is 1. The van der Waals surface area contributed by atoms with Gasteiger partial charge in [0.25, 0.3) is 5.91 Å². The molecule has 0 heterocycles. The predicted molar refractivity (Wildman–Crippen MR) is 140 cm³/mol. The Morgan fingerprint density at radius 2 is 1.91 bits per heavy atom. The van der Waals surface area contributed by atoms with Crippen molar-refractivity contribution in [2.75, 3.05) is 18.4 Å². The van der Waals surface area contributed by atoms with Gasteiger partial charge >= 0.3 is 5.97 Å². The van der Waals surface area contributed by atoms with E-state index in [0.717, 1.165) is 0 Å². The lowest BCUT2D eigenvalue weighted by molar-refractivity contribution is 0.0698. The van der Waals surface area contributed by atoms with E-state index in [9.17, 15) is 23.1 Å². The largest absolute Gasteiger partial charge is 0.478 e. The Morgan fingerprint density at radius 1 is 1.21 bits per heavy atom. The van der Waals surface area contributed by atoms with E-state index in [1.54, 1.807) is 32.2 Å². The Balaban J connectivity index is 2.37. The molecule has 0 aliphatic rings. The van der Waals surface area contributed by atoms with Crippen LogP contribution in [0.2, 0.25) is 0 Å². The highest BCUT2D eigenvalue weighted by Gasteiger charge is 2.27. The highest BCUT2D eigenvalue weighted by molar-refractivity contribution is 9.10. The minimum Gasteiger partial charge on any atom is -0.478 e. The molecular weight excluding hydrogens is 590 g/mol. The van der Waals surface area contributed by atoms with E-state index < -0.39 is 21.9 Å². The molecule has 2 N–H and O–H groups in total. The molecule has 0 fully saturated rings. The van der Waals surface area contributed by atoms with Crippen molar-refractivity contribution in [1.29, 1.82) is 0 Å². The average Bonchev–Trinajstić information content (AvgIpc) is 2.78. The number of rotatable bonds is 10. The monoisotopic (exact) mass is 611 g/mol. The van der Waals surface area contributed by atoms with Gasteiger partial charge < -0.3 is 10.4 Å². The Hall–Kier alpha value is -2.60. The minimum atomic E-state index is -3.99. The van der Waals surface area contributed by atoms with Gasteiger partial charge in [-0.1, -0.05) is 29.4 Å². The molecule has 0 saturated heterocycles. The molecule has 0 aliphatic carbocycles. The number of hydrogen-bond donors (Lipinski definition) is 2. The molecule has 1 amide bonds. The number of carbonyl (C=O) groups excluding carboxylic acids is 1. The zero-order valence-electron chi connectivity index (χ0n) is 18.5. The van der Waals surface area contributed by atoms with Crippen LogP contribution in [0.15, 0.2) is 79.7 Å². The summed E-state index contributed by atoms with van der Waals surface area (Å²) < 4.78 is 28.8. The molecule has 0 radical (unpaired) electrons. The molecular formula is C23H23Br2N3O5S. The van der Waals surface area contributed by atoms with Gasteiger partial charge in [-0.3, -0.25) is 9.79 Å². The van der Waals surface area contributed by atoms with Gasteiger partial charge in [-0.05, 0) is 70.9 Å². The first-order valence-electron chi connectivity index (χ1n) is 9.97. The summed E-state index contributed by atoms with van der Waals surface area (Å²) in [6.07, 6.45) is 4.74. The summed E-state index contributed by atoms with van der Waals surface area (Å²) in [6, 6.07) is 8.55. The van der Waals surface area contributed by atoms with E-state index in [0.29, 0.717) is 10.0 Å². The molecule has 11 heteroatoms. The van der Waals surface area contributed by atoms with E-state index in [1.165, 1.54) is 40.8 Å². The Bertz CT molecular complexity index is 1270. The van der Waals surface area contributed by atoms with Crippen LogP contribution in [-0.2, 0) is 10.0 Å². The summed E-state index contributed by atoms with van der Waals surface area (Å²) in [5.74, 6) is -1.87. The number of carboxylic acids is 1. The second-order valence-corrected chi connectivity index (χ2v) is 10.6. The van der Waals surface area contributed by atoms with Crippen molar-refractivity contribution in [2.45, 2.75) is 18.7 Å². The number of carbonyl (C=O) groups is 2. The lowest BCUT2D eigenvalue weighted by atomic mass is 10.1. The van der Waals surface area contributed by atoms with Crippen molar-refractivity contribution in [2.24, 2.45) is 4.99 Å². The average molecular weight is 613 g/mol. The molecule has 34 heavy (non-hydrogen) atoms. The number of likely N-dealkylation sites (N-methyl/N-ethyl adjacent to an activating group) is 1. The molecule has 2 rings (SSSR count). The first-order valence-corrected chi connectivity index (χ1v) is 13.0. The van der Waals surface area contributed by atoms with Crippen LogP contribution in [0, 0.1) is 0 Å². The summed E-state index contributed by atoms with van der Waals surface area (Å²) in [4.78, 5) is 28.2. The first-order chi connectivity index (χ1) is 16.0. The van der Waals surface area contributed by atoms with Gasteiger partial charge in [0.15, 0.2) is 0 Å². The fourth-order valence-electron chi connectivity index (χ4n) is 2.86. The van der Waals surface area contributed by atoms with E-state index in [-0.39, 0.29) is 39.3 Å². The molecule has 0 saturated carbocycles. The van der Waals surface area contributed by atoms with Crippen LogP contribution in [0.3, 0.4) is 0 Å². The summed E-state index contributed by atoms with van der Waals surface area (Å²) in [5, 5.41) is 11.9. The maximum absolute atomic E-state index is 13.4. The number of hydrogen-bond acceptors (Lipinski definition) is 5. The maximum Gasteiger partial charge on any atom is 0.337 e. The second-order valence-electron chi connectivity index (χ2n) is 6.91. The number of sulfonamides is 1. The molecule has 0 bridgehead atoms. The van der Waals surface area contributed by atoms with E-state index >= 15 is 0 Å². The SMILES string of the molecule is C=C(/C=C\N=CC)CN(CC)S(=O)(=O)c1cc(C(=O)Nc2ccc(Br)cc2C(=O)O)ccc1Br. The van der Waals surface area contributed by atoms with Gasteiger partial charge in [-0.15, -0.1) is 0 Å². The Labute approximate surface area is 215 Å². The number of nitrogens with zero attached hydrogens (tertiary/aromatic N) is 2. The van der Waals surface area contributed by atoms with Crippen LogP contribution in [-0.4, -0.2) is 49.0 Å². The number of benzene rings is 2. The number of aromatic carboxylic acids is 1. The quantitative estimate of drug-likeness (QED) is 0.278. The zero-order chi connectivity index (χ0) is 25.5. The van der Waals surface area contributed by atoms with Gasteiger partial charge in [0.2, 0.25) is 10.0 Å². The Morgan fingerprint density at radius 3 is 2.53 bits per heavy atom. The van der Waals surface area contributed by atoms with Crippen LogP contribution < -0.4 is 5.32 Å². The van der Waals surface area contributed by atoms with Crippen LogP contribution in [0.4, 0.5) is 5.69 Å². The number of nitrogens with one attached hydrogen (secondary N) is 1. The molecule has 180 valence electrons. The van der Waals surface area contributed by atoms with Crippen LogP contribution >= 0.6 is 31.9 Å². The van der Waals surface area contributed by atoms with Crippen molar-refractivity contribution in [3.05, 3.63) is 80.9 Å². The van der Waals surface area contributed by atoms with Crippen molar-refractivity contribution < 1.29 is 23.1 Å². The van der Waals surface area contributed by atoms with Crippen molar-refractivity contribution in [1.82, 2.24) is 4.31 Å². The summed E-state index contributed by atoms with van der Waals surface area (Å²) in [7, 11) is -3.99. The summed E-state index contributed by atoms with van der Waals surface area (Å²) >= 11 is 6.46. The van der Waals surface area contributed by atoms with Gasteiger partial charge in [0, 0.05) is 40.0 Å². The maximum atomic E-state index is 13.4. The molecule has 8 nitrogen and oxygen atoms in total. The van der Waals surface area contributed by atoms with Crippen LogP contribution in [0.5, 0.6) is 0 Å². The molecule has 2 aromatic rings. The van der Waals surface area contributed by atoms with E-state index in [4.69, 9.17) is 0 Å². The topological polar surface area (TPSA) is 116 Å². The lowest BCUT2D eigenvalue weighted by Gasteiger charge is -2.22. The van der Waals surface area contributed by atoms with Crippen molar-refractivity contribution >= 4 is 65.7 Å². The van der Waals surface area contributed by atoms with E-state index in [2.05, 4.69) is 48.7 Å². The molecule has 0 spiro atoms. The highest BCUT2D eigenvalue weighted by atomic mass is 79.9. The number of halogens is 2. The number of aliphatic imine (C=N–C) groups is 1. The molecule has 0 atom stereocenters. The molecule has 2 aromatic carbocycles. The molecule has 0 unspecified atom stereocenters. The van der Waals surface area contributed by atoms with Gasteiger partial charge in [0.05, 0.1) is 16.1 Å². The third kappa shape index (κ3) is 6.95. The number of amides is 1. The van der Waals surface area contributed by atoms with E-state index in [1.807, 2.05) is 0 Å².